The molecule has 2 amide bonds. The molecule has 0 bridgehead atoms. The Bertz CT molecular complexity index is 1150. The number of hydrogen-bond acceptors (Lipinski definition) is 3. The molecule has 2 heterocycles. The highest BCUT2D eigenvalue weighted by Gasteiger charge is 2.33. The van der Waals surface area contributed by atoms with Crippen molar-refractivity contribution in [2.45, 2.75) is 13.3 Å². The molecule has 1 saturated heterocycles. The number of nitrogens with zero attached hydrogens (tertiary/aromatic N) is 4. The van der Waals surface area contributed by atoms with Gasteiger partial charge in [0.2, 0.25) is 5.91 Å². The number of imidazole rings is 1. The zero-order valence-corrected chi connectivity index (χ0v) is 19.3. The van der Waals surface area contributed by atoms with Crippen LogP contribution in [0, 0.1) is 12.8 Å². The third kappa shape index (κ3) is 4.90. The average molecular weight is 443 g/mol. The highest BCUT2D eigenvalue weighted by molar-refractivity contribution is 5.92. The fourth-order valence-electron chi connectivity index (χ4n) is 4.41. The highest BCUT2D eigenvalue weighted by Crippen LogP contribution is 2.28. The molecule has 0 radical (unpaired) electrons. The predicted molar refractivity (Wildman–Crippen MR) is 130 cm³/mol. The van der Waals surface area contributed by atoms with Crippen LogP contribution in [-0.2, 0) is 18.3 Å². The number of hydrogen-bond donors (Lipinski definition) is 0. The normalized spacial score (nSPS) is 16.5. The smallest absolute Gasteiger partial charge is 0.289 e. The molecule has 2 aromatic carbocycles. The van der Waals surface area contributed by atoms with Crippen molar-refractivity contribution in [2.24, 2.45) is 13.0 Å². The molecule has 3 aromatic rings. The van der Waals surface area contributed by atoms with E-state index in [9.17, 15) is 9.59 Å². The standard InChI is InChI=1S/C27H30N4O2/c1-4-14-30-16-17-31(27(33)25-28-13-15-29(25)3)19-23(26(30)32)18-22-7-5-6-8-24(22)21-11-9-20(2)10-12-21/h4-13,15,23H,1,14,16-19H2,2-3H3/t23-/m1/s1. The Balaban J connectivity index is 1.65. The maximum Gasteiger partial charge on any atom is 0.289 e. The van der Waals surface area contributed by atoms with Gasteiger partial charge in [-0.05, 0) is 30.0 Å². The largest absolute Gasteiger partial charge is 0.337 e. The summed E-state index contributed by atoms with van der Waals surface area (Å²) >= 11 is 0. The van der Waals surface area contributed by atoms with E-state index in [1.165, 1.54) is 5.56 Å². The van der Waals surface area contributed by atoms with Crippen LogP contribution in [0.2, 0.25) is 0 Å². The van der Waals surface area contributed by atoms with E-state index in [0.717, 1.165) is 16.7 Å². The Morgan fingerprint density at radius 3 is 2.61 bits per heavy atom. The Morgan fingerprint density at radius 2 is 1.91 bits per heavy atom. The molecule has 0 unspecified atom stereocenters. The fraction of sp³-hybridized carbons (Fsp3) is 0.296. The molecule has 170 valence electrons. The van der Waals surface area contributed by atoms with Crippen LogP contribution < -0.4 is 0 Å². The summed E-state index contributed by atoms with van der Waals surface area (Å²) < 4.78 is 1.72. The van der Waals surface area contributed by atoms with Crippen molar-refractivity contribution < 1.29 is 9.59 Å². The second kappa shape index (κ2) is 9.86. The summed E-state index contributed by atoms with van der Waals surface area (Å²) in [4.78, 5) is 34.5. The number of carbonyl (C=O) groups is 2. The molecule has 33 heavy (non-hydrogen) atoms. The molecule has 0 spiro atoms. The van der Waals surface area contributed by atoms with Gasteiger partial charge in [-0.2, -0.15) is 0 Å². The van der Waals surface area contributed by atoms with Crippen molar-refractivity contribution >= 4 is 11.8 Å². The lowest BCUT2D eigenvalue weighted by molar-refractivity contribution is -0.134. The SMILES string of the molecule is C=CCN1CCN(C(=O)c2nccn2C)C[C@@H](Cc2ccccc2-c2ccc(C)cc2)C1=O. The third-order valence-corrected chi connectivity index (χ3v) is 6.24. The topological polar surface area (TPSA) is 58.4 Å². The van der Waals surface area contributed by atoms with Crippen molar-refractivity contribution in [1.29, 1.82) is 0 Å². The molecule has 4 rings (SSSR count). The van der Waals surface area contributed by atoms with Gasteiger partial charge < -0.3 is 14.4 Å². The number of rotatable bonds is 6. The van der Waals surface area contributed by atoms with Gasteiger partial charge in [0.15, 0.2) is 5.82 Å². The van der Waals surface area contributed by atoms with Crippen molar-refractivity contribution in [3.05, 3.63) is 90.5 Å². The summed E-state index contributed by atoms with van der Waals surface area (Å²) in [5, 5.41) is 0. The molecular weight excluding hydrogens is 412 g/mol. The summed E-state index contributed by atoms with van der Waals surface area (Å²) in [6, 6.07) is 16.6. The van der Waals surface area contributed by atoms with E-state index < -0.39 is 0 Å². The van der Waals surface area contributed by atoms with Crippen LogP contribution in [0.4, 0.5) is 0 Å². The van der Waals surface area contributed by atoms with Crippen molar-refractivity contribution in [1.82, 2.24) is 19.4 Å². The monoisotopic (exact) mass is 442 g/mol. The lowest BCUT2D eigenvalue weighted by atomic mass is 9.91. The first-order valence-corrected chi connectivity index (χ1v) is 11.3. The molecule has 1 aliphatic heterocycles. The Kier molecular flexibility index (Phi) is 6.73. The van der Waals surface area contributed by atoms with E-state index in [4.69, 9.17) is 0 Å². The van der Waals surface area contributed by atoms with Crippen LogP contribution in [0.25, 0.3) is 11.1 Å². The molecular formula is C27H30N4O2. The molecule has 0 N–H and O–H groups in total. The average Bonchev–Trinajstić information content (AvgIpc) is 3.19. The number of amides is 2. The van der Waals surface area contributed by atoms with Crippen molar-refractivity contribution in [3.8, 4) is 11.1 Å². The molecule has 6 heteroatoms. The van der Waals surface area contributed by atoms with Crippen LogP contribution >= 0.6 is 0 Å². The Hall–Kier alpha value is -3.67. The van der Waals surface area contributed by atoms with E-state index >= 15 is 0 Å². The fourth-order valence-corrected chi connectivity index (χ4v) is 4.41. The molecule has 1 atom stereocenters. The summed E-state index contributed by atoms with van der Waals surface area (Å²) in [5.41, 5.74) is 4.55. The number of aromatic nitrogens is 2. The van der Waals surface area contributed by atoms with Gasteiger partial charge in [-0.15, -0.1) is 6.58 Å². The van der Waals surface area contributed by atoms with Gasteiger partial charge in [0.25, 0.3) is 5.91 Å². The van der Waals surface area contributed by atoms with Crippen molar-refractivity contribution in [3.63, 3.8) is 0 Å². The maximum atomic E-state index is 13.5. The molecule has 0 aliphatic carbocycles. The van der Waals surface area contributed by atoms with Gasteiger partial charge in [-0.1, -0.05) is 60.2 Å². The zero-order valence-electron chi connectivity index (χ0n) is 19.3. The van der Waals surface area contributed by atoms with Crippen LogP contribution in [0.15, 0.2) is 73.6 Å². The van der Waals surface area contributed by atoms with Crippen LogP contribution in [0.1, 0.15) is 21.7 Å². The second-order valence-corrected chi connectivity index (χ2v) is 8.61. The van der Waals surface area contributed by atoms with Gasteiger partial charge in [-0.25, -0.2) is 4.98 Å². The zero-order chi connectivity index (χ0) is 23.4. The van der Waals surface area contributed by atoms with Gasteiger partial charge in [0, 0.05) is 45.6 Å². The quantitative estimate of drug-likeness (QED) is 0.547. The molecule has 1 aliphatic rings. The van der Waals surface area contributed by atoms with E-state index in [2.05, 4.69) is 54.9 Å². The van der Waals surface area contributed by atoms with E-state index in [1.54, 1.807) is 32.8 Å². The third-order valence-electron chi connectivity index (χ3n) is 6.24. The minimum absolute atomic E-state index is 0.0590. The molecule has 1 aromatic heterocycles. The lowest BCUT2D eigenvalue weighted by Crippen LogP contribution is -2.38. The number of carbonyl (C=O) groups excluding carboxylic acids is 2. The van der Waals surface area contributed by atoms with Crippen LogP contribution in [0.5, 0.6) is 0 Å². The van der Waals surface area contributed by atoms with E-state index in [-0.39, 0.29) is 17.7 Å². The van der Waals surface area contributed by atoms with Gasteiger partial charge in [0.05, 0.1) is 5.92 Å². The maximum absolute atomic E-state index is 13.5. The van der Waals surface area contributed by atoms with Gasteiger partial charge >= 0.3 is 0 Å². The second-order valence-electron chi connectivity index (χ2n) is 8.61. The van der Waals surface area contributed by atoms with E-state index in [0.29, 0.717) is 38.4 Å². The Morgan fingerprint density at radius 1 is 1.15 bits per heavy atom. The van der Waals surface area contributed by atoms with Crippen molar-refractivity contribution in [2.75, 3.05) is 26.2 Å². The van der Waals surface area contributed by atoms with Gasteiger partial charge in [-0.3, -0.25) is 9.59 Å². The lowest BCUT2D eigenvalue weighted by Gasteiger charge is -2.24. The Labute approximate surface area is 195 Å². The van der Waals surface area contributed by atoms with Crippen LogP contribution in [-0.4, -0.2) is 57.3 Å². The summed E-state index contributed by atoms with van der Waals surface area (Å²) in [5.74, 6) is -0.0435. The predicted octanol–water partition coefficient (Wildman–Crippen LogP) is 3.72. The first-order valence-electron chi connectivity index (χ1n) is 11.3. The van der Waals surface area contributed by atoms with E-state index in [1.807, 2.05) is 19.2 Å². The summed E-state index contributed by atoms with van der Waals surface area (Å²) in [6.45, 7) is 7.67. The summed E-state index contributed by atoms with van der Waals surface area (Å²) in [7, 11) is 1.81. The van der Waals surface area contributed by atoms with Gasteiger partial charge in [0.1, 0.15) is 0 Å². The molecule has 1 fully saturated rings. The van der Waals surface area contributed by atoms with Crippen LogP contribution in [0.3, 0.4) is 0 Å². The minimum atomic E-state index is -0.344. The molecule has 6 nitrogen and oxygen atoms in total. The molecule has 0 saturated carbocycles. The number of aryl methyl sites for hydroxylation is 2. The summed E-state index contributed by atoms with van der Waals surface area (Å²) in [6.07, 6.45) is 5.68. The first-order chi connectivity index (χ1) is 16.0. The highest BCUT2D eigenvalue weighted by atomic mass is 16.2. The first kappa shape index (κ1) is 22.5. The number of benzene rings is 2. The minimum Gasteiger partial charge on any atom is -0.337 e.